The predicted molar refractivity (Wildman–Crippen MR) is 126 cm³/mol. The third kappa shape index (κ3) is 6.89. The van der Waals surface area contributed by atoms with Crippen molar-refractivity contribution < 1.29 is 23.6 Å². The maximum Gasteiger partial charge on any atom is 0.329 e. The summed E-state index contributed by atoms with van der Waals surface area (Å²) in [6.45, 7) is 3.83. The summed E-state index contributed by atoms with van der Waals surface area (Å²) in [5.41, 5.74) is 5.17. The second-order valence-corrected chi connectivity index (χ2v) is 7.26. The molecule has 0 saturated carbocycles. The monoisotopic (exact) mass is 461 g/mol. The van der Waals surface area contributed by atoms with Crippen LogP contribution in [0.2, 0.25) is 0 Å². The van der Waals surface area contributed by atoms with Gasteiger partial charge in [0.25, 0.3) is 0 Å². The van der Waals surface area contributed by atoms with Crippen LogP contribution in [0.4, 0.5) is 11.4 Å². The Bertz CT molecular complexity index is 1230. The quantitative estimate of drug-likeness (QED) is 0.253. The number of para-hydroxylation sites is 1. The molecule has 0 radical (unpaired) electrons. The molecule has 174 valence electrons. The molecule has 0 atom stereocenters. The van der Waals surface area contributed by atoms with Gasteiger partial charge in [-0.25, -0.2) is 5.43 Å². The molecular formula is C24H23N5O5. The van der Waals surface area contributed by atoms with Crippen molar-refractivity contribution in [3.63, 3.8) is 0 Å². The molecule has 0 aliphatic carbocycles. The Morgan fingerprint density at radius 1 is 0.794 bits per heavy atom. The summed E-state index contributed by atoms with van der Waals surface area (Å²) in [5, 5.41) is 11.1. The molecule has 0 aliphatic rings. The van der Waals surface area contributed by atoms with Crippen molar-refractivity contribution >= 4 is 41.2 Å². The number of carbonyl (C=O) groups is 4. The molecule has 0 bridgehead atoms. The number of hydrogen-bond donors (Lipinski definition) is 4. The lowest BCUT2D eigenvalue weighted by molar-refractivity contribution is -0.136. The molecule has 10 heteroatoms. The number of hydrogen-bond acceptors (Lipinski definition) is 6. The fourth-order valence-corrected chi connectivity index (χ4v) is 2.73. The van der Waals surface area contributed by atoms with Crippen LogP contribution in [-0.4, -0.2) is 29.8 Å². The van der Waals surface area contributed by atoms with Gasteiger partial charge in [-0.15, -0.1) is 0 Å². The Labute approximate surface area is 195 Å². The molecular weight excluding hydrogens is 438 g/mol. The zero-order valence-electron chi connectivity index (χ0n) is 18.5. The van der Waals surface area contributed by atoms with Crippen LogP contribution in [0.25, 0.3) is 0 Å². The minimum atomic E-state index is -0.950. The van der Waals surface area contributed by atoms with E-state index < -0.39 is 23.6 Å². The van der Waals surface area contributed by atoms with Gasteiger partial charge in [0.1, 0.15) is 11.5 Å². The van der Waals surface area contributed by atoms with Crippen molar-refractivity contribution in [2.75, 3.05) is 10.6 Å². The zero-order valence-corrected chi connectivity index (χ0v) is 18.5. The van der Waals surface area contributed by atoms with E-state index in [9.17, 15) is 19.2 Å². The van der Waals surface area contributed by atoms with Crippen LogP contribution in [0.15, 0.2) is 70.2 Å². The predicted octanol–water partition coefficient (Wildman–Crippen LogP) is 2.24. The Morgan fingerprint density at radius 2 is 1.50 bits per heavy atom. The van der Waals surface area contributed by atoms with Crippen molar-refractivity contribution in [3.05, 3.63) is 83.3 Å². The van der Waals surface area contributed by atoms with E-state index in [0.29, 0.717) is 17.1 Å². The number of carbonyl (C=O) groups excluding carboxylic acids is 4. The van der Waals surface area contributed by atoms with Gasteiger partial charge in [0.2, 0.25) is 0 Å². The highest BCUT2D eigenvalue weighted by atomic mass is 16.3. The summed E-state index contributed by atoms with van der Waals surface area (Å²) >= 11 is 0. The van der Waals surface area contributed by atoms with Crippen LogP contribution in [0.5, 0.6) is 0 Å². The fraction of sp³-hybridized carbons (Fsp3) is 0.125. The lowest BCUT2D eigenvalue weighted by Gasteiger charge is -2.07. The highest BCUT2D eigenvalue weighted by Gasteiger charge is 2.15. The van der Waals surface area contributed by atoms with E-state index >= 15 is 0 Å². The Hall–Kier alpha value is -4.73. The summed E-state index contributed by atoms with van der Waals surface area (Å²) < 4.78 is 5.45. The maximum absolute atomic E-state index is 12.1. The minimum Gasteiger partial charge on any atom is -0.458 e. The van der Waals surface area contributed by atoms with E-state index in [-0.39, 0.29) is 12.3 Å². The molecule has 3 aromatic rings. The number of amides is 4. The molecule has 0 fully saturated rings. The molecule has 1 aromatic heterocycles. The van der Waals surface area contributed by atoms with E-state index in [1.165, 1.54) is 6.21 Å². The third-order valence-electron chi connectivity index (χ3n) is 4.67. The SMILES string of the molecule is Cc1ccc(NC(=O)C(=O)NCc2ccc(/C=N/NC(=O)C(=O)Nc3ccccc3)o2)cc1C. The first-order valence-corrected chi connectivity index (χ1v) is 10.3. The first-order chi connectivity index (χ1) is 16.3. The van der Waals surface area contributed by atoms with Gasteiger partial charge < -0.3 is 20.4 Å². The van der Waals surface area contributed by atoms with E-state index in [1.54, 1.807) is 54.6 Å². The van der Waals surface area contributed by atoms with E-state index in [1.807, 2.05) is 19.9 Å². The molecule has 34 heavy (non-hydrogen) atoms. The average Bonchev–Trinajstić information content (AvgIpc) is 3.28. The summed E-state index contributed by atoms with van der Waals surface area (Å²) in [6, 6.07) is 17.0. The number of hydrazone groups is 1. The average molecular weight is 461 g/mol. The van der Waals surface area contributed by atoms with Crippen LogP contribution in [0, 0.1) is 13.8 Å². The first-order valence-electron chi connectivity index (χ1n) is 10.3. The van der Waals surface area contributed by atoms with Crippen molar-refractivity contribution in [2.45, 2.75) is 20.4 Å². The molecule has 10 nitrogen and oxygen atoms in total. The smallest absolute Gasteiger partial charge is 0.329 e. The highest BCUT2D eigenvalue weighted by molar-refractivity contribution is 6.40. The molecule has 2 aromatic carbocycles. The molecule has 0 unspecified atom stereocenters. The molecule has 0 aliphatic heterocycles. The molecule has 3 rings (SSSR count). The lowest BCUT2D eigenvalue weighted by atomic mass is 10.1. The van der Waals surface area contributed by atoms with Crippen LogP contribution in [0.3, 0.4) is 0 Å². The van der Waals surface area contributed by atoms with Gasteiger partial charge in [0.15, 0.2) is 0 Å². The number of benzene rings is 2. The second kappa shape index (κ2) is 11.2. The Balaban J connectivity index is 1.43. The number of nitrogens with zero attached hydrogens (tertiary/aromatic N) is 1. The summed E-state index contributed by atoms with van der Waals surface area (Å²) in [4.78, 5) is 47.7. The topological polar surface area (TPSA) is 142 Å². The number of rotatable bonds is 6. The van der Waals surface area contributed by atoms with Crippen LogP contribution in [0.1, 0.15) is 22.6 Å². The maximum atomic E-state index is 12.1. The summed E-state index contributed by atoms with van der Waals surface area (Å²) in [6.07, 6.45) is 1.20. The third-order valence-corrected chi connectivity index (χ3v) is 4.67. The van der Waals surface area contributed by atoms with Gasteiger partial charge in [0.05, 0.1) is 12.8 Å². The number of aryl methyl sites for hydroxylation is 2. The first kappa shape index (κ1) is 23.9. The van der Waals surface area contributed by atoms with Crippen LogP contribution >= 0.6 is 0 Å². The van der Waals surface area contributed by atoms with Gasteiger partial charge in [-0.2, -0.15) is 5.10 Å². The standard InChI is InChI=1S/C24H23N5O5/c1-15-8-9-18(12-16(15)2)28-22(31)21(30)25-13-19-10-11-20(34-19)14-26-29-24(33)23(32)27-17-6-4-3-5-7-17/h3-12,14H,13H2,1-2H3,(H,25,30)(H,27,32)(H,28,31)(H,29,33)/b26-14+. The molecule has 4 amide bonds. The van der Waals surface area contributed by atoms with Crippen LogP contribution in [-0.2, 0) is 25.7 Å². The summed E-state index contributed by atoms with van der Waals surface area (Å²) in [5.74, 6) is -2.80. The van der Waals surface area contributed by atoms with Gasteiger partial charge in [-0.05, 0) is 61.4 Å². The van der Waals surface area contributed by atoms with Crippen LogP contribution < -0.4 is 21.4 Å². The second-order valence-electron chi connectivity index (χ2n) is 7.26. The number of anilines is 2. The van der Waals surface area contributed by atoms with E-state index in [0.717, 1.165) is 11.1 Å². The van der Waals surface area contributed by atoms with Gasteiger partial charge >= 0.3 is 23.6 Å². The molecule has 1 heterocycles. The van der Waals surface area contributed by atoms with E-state index in [4.69, 9.17) is 4.42 Å². The van der Waals surface area contributed by atoms with Crippen molar-refractivity contribution in [2.24, 2.45) is 5.10 Å². The summed E-state index contributed by atoms with van der Waals surface area (Å²) in [7, 11) is 0. The van der Waals surface area contributed by atoms with Crippen molar-refractivity contribution in [1.82, 2.24) is 10.7 Å². The fourth-order valence-electron chi connectivity index (χ4n) is 2.73. The lowest BCUT2D eigenvalue weighted by Crippen LogP contribution is -2.34. The van der Waals surface area contributed by atoms with Crippen molar-refractivity contribution in [3.8, 4) is 0 Å². The number of nitrogens with one attached hydrogen (secondary N) is 4. The Morgan fingerprint density at radius 3 is 2.24 bits per heavy atom. The molecule has 0 spiro atoms. The van der Waals surface area contributed by atoms with Gasteiger partial charge in [0, 0.05) is 11.4 Å². The molecule has 0 saturated heterocycles. The molecule has 4 N–H and O–H groups in total. The van der Waals surface area contributed by atoms with E-state index in [2.05, 4.69) is 26.5 Å². The normalized spacial score (nSPS) is 10.5. The zero-order chi connectivity index (χ0) is 24.5. The van der Waals surface area contributed by atoms with Gasteiger partial charge in [-0.3, -0.25) is 19.2 Å². The Kier molecular flexibility index (Phi) is 7.90. The van der Waals surface area contributed by atoms with Crippen molar-refractivity contribution in [1.29, 1.82) is 0 Å². The minimum absolute atomic E-state index is 0.0289. The van der Waals surface area contributed by atoms with Gasteiger partial charge in [-0.1, -0.05) is 24.3 Å². The number of furan rings is 1. The largest absolute Gasteiger partial charge is 0.458 e. The highest BCUT2D eigenvalue weighted by Crippen LogP contribution is 2.14.